The number of amides is 1. The molecule has 3 rings (SSSR count). The van der Waals surface area contributed by atoms with Crippen LogP contribution in [0.15, 0.2) is 53.7 Å². The van der Waals surface area contributed by atoms with Gasteiger partial charge in [0.2, 0.25) is 5.91 Å². The maximum Gasteiger partial charge on any atom is 0.235 e. The first-order chi connectivity index (χ1) is 12.0. The average molecular weight is 357 g/mol. The number of imidazole rings is 1. The molecule has 0 bridgehead atoms. The number of aryl methyl sites for hydroxylation is 1. The van der Waals surface area contributed by atoms with Crippen molar-refractivity contribution in [1.29, 1.82) is 0 Å². The molecule has 0 fully saturated rings. The van der Waals surface area contributed by atoms with Crippen molar-refractivity contribution < 1.29 is 9.18 Å². The molecule has 4 nitrogen and oxygen atoms in total. The Bertz CT molecular complexity index is 909. The van der Waals surface area contributed by atoms with E-state index < -0.39 is 0 Å². The summed E-state index contributed by atoms with van der Waals surface area (Å²) in [7, 11) is 3.69. The summed E-state index contributed by atoms with van der Waals surface area (Å²) < 4.78 is 15.3. The van der Waals surface area contributed by atoms with Crippen LogP contribution in [0, 0.1) is 5.82 Å². The molecule has 130 valence electrons. The van der Waals surface area contributed by atoms with Gasteiger partial charge in [-0.05, 0) is 36.8 Å². The summed E-state index contributed by atoms with van der Waals surface area (Å²) in [6, 6.07) is 14.2. The number of rotatable bonds is 5. The van der Waals surface area contributed by atoms with Crippen molar-refractivity contribution in [2.75, 3.05) is 7.05 Å². The number of carbonyl (C=O) groups excluding carboxylic acids is 1. The lowest BCUT2D eigenvalue weighted by molar-refractivity contribution is -0.129. The van der Waals surface area contributed by atoms with E-state index >= 15 is 0 Å². The number of thioether (sulfide) groups is 1. The Morgan fingerprint density at radius 3 is 2.76 bits per heavy atom. The third kappa shape index (κ3) is 3.85. The second kappa shape index (κ2) is 7.27. The standard InChI is InChI=1S/C19H20FN3OS/c1-13(18(24)22(2)12-14-7-6-8-15(20)11-14)25-19-21-16-9-4-5-10-17(16)23(19)3/h4-11,13H,12H2,1-3H3. The molecule has 1 heterocycles. The van der Waals surface area contributed by atoms with Crippen molar-refractivity contribution in [3.8, 4) is 0 Å². The number of halogens is 1. The highest BCUT2D eigenvalue weighted by Gasteiger charge is 2.21. The van der Waals surface area contributed by atoms with Gasteiger partial charge in [-0.2, -0.15) is 0 Å². The van der Waals surface area contributed by atoms with Gasteiger partial charge < -0.3 is 9.47 Å². The minimum Gasteiger partial charge on any atom is -0.340 e. The second-order valence-corrected chi connectivity index (χ2v) is 7.33. The van der Waals surface area contributed by atoms with E-state index in [1.807, 2.05) is 48.9 Å². The molecule has 0 N–H and O–H groups in total. The highest BCUT2D eigenvalue weighted by Crippen LogP contribution is 2.27. The number of carbonyl (C=O) groups is 1. The van der Waals surface area contributed by atoms with Crippen LogP contribution in [0.5, 0.6) is 0 Å². The zero-order chi connectivity index (χ0) is 18.0. The molecular formula is C19H20FN3OS. The van der Waals surface area contributed by atoms with Crippen molar-refractivity contribution in [1.82, 2.24) is 14.5 Å². The smallest absolute Gasteiger partial charge is 0.235 e. The molecule has 0 saturated heterocycles. The molecule has 0 radical (unpaired) electrons. The fourth-order valence-corrected chi connectivity index (χ4v) is 3.74. The molecule has 1 atom stereocenters. The molecule has 1 aromatic heterocycles. The van der Waals surface area contributed by atoms with E-state index in [1.165, 1.54) is 23.9 Å². The second-order valence-electron chi connectivity index (χ2n) is 6.03. The van der Waals surface area contributed by atoms with E-state index in [0.29, 0.717) is 6.54 Å². The molecule has 1 amide bonds. The predicted molar refractivity (Wildman–Crippen MR) is 98.9 cm³/mol. The van der Waals surface area contributed by atoms with E-state index in [9.17, 15) is 9.18 Å². The molecule has 25 heavy (non-hydrogen) atoms. The number of fused-ring (bicyclic) bond motifs is 1. The minimum absolute atomic E-state index is 0.0127. The molecule has 0 spiro atoms. The van der Waals surface area contributed by atoms with Crippen LogP contribution in [-0.4, -0.2) is 32.7 Å². The molecule has 0 saturated carbocycles. The van der Waals surface area contributed by atoms with Crippen LogP contribution in [0.25, 0.3) is 11.0 Å². The highest BCUT2D eigenvalue weighted by molar-refractivity contribution is 8.00. The number of para-hydroxylation sites is 2. The zero-order valence-corrected chi connectivity index (χ0v) is 15.3. The van der Waals surface area contributed by atoms with Gasteiger partial charge >= 0.3 is 0 Å². The molecule has 6 heteroatoms. The summed E-state index contributed by atoms with van der Waals surface area (Å²) in [6.45, 7) is 2.25. The van der Waals surface area contributed by atoms with Gasteiger partial charge in [-0.1, -0.05) is 36.0 Å². The lowest BCUT2D eigenvalue weighted by Crippen LogP contribution is -2.33. The maximum absolute atomic E-state index is 13.3. The Morgan fingerprint density at radius 1 is 1.28 bits per heavy atom. The fourth-order valence-electron chi connectivity index (χ4n) is 2.73. The first-order valence-electron chi connectivity index (χ1n) is 8.03. The molecular weight excluding hydrogens is 337 g/mol. The third-order valence-corrected chi connectivity index (χ3v) is 5.19. The fraction of sp³-hybridized carbons (Fsp3) is 0.263. The number of hydrogen-bond donors (Lipinski definition) is 0. The van der Waals surface area contributed by atoms with Crippen LogP contribution in [0.3, 0.4) is 0 Å². The van der Waals surface area contributed by atoms with Crippen LogP contribution in [0.2, 0.25) is 0 Å². The number of nitrogens with zero attached hydrogens (tertiary/aromatic N) is 3. The summed E-state index contributed by atoms with van der Waals surface area (Å²) in [6.07, 6.45) is 0. The topological polar surface area (TPSA) is 38.1 Å². The lowest BCUT2D eigenvalue weighted by Gasteiger charge is -2.21. The molecule has 1 unspecified atom stereocenters. The molecule has 3 aromatic rings. The number of aromatic nitrogens is 2. The Labute approximate surface area is 150 Å². The van der Waals surface area contributed by atoms with Gasteiger partial charge in [-0.25, -0.2) is 9.37 Å². The lowest BCUT2D eigenvalue weighted by atomic mass is 10.2. The Balaban J connectivity index is 1.70. The maximum atomic E-state index is 13.3. The Kier molecular flexibility index (Phi) is 5.08. The van der Waals surface area contributed by atoms with Crippen molar-refractivity contribution in [3.05, 3.63) is 59.9 Å². The first kappa shape index (κ1) is 17.5. The van der Waals surface area contributed by atoms with Gasteiger partial charge in [0.1, 0.15) is 5.82 Å². The summed E-state index contributed by atoms with van der Waals surface area (Å²) in [4.78, 5) is 18.9. The molecule has 0 aliphatic heterocycles. The Hall–Kier alpha value is -2.34. The summed E-state index contributed by atoms with van der Waals surface area (Å²) >= 11 is 1.43. The predicted octanol–water partition coefficient (Wildman–Crippen LogP) is 3.85. The molecule has 0 aliphatic rings. The van der Waals surface area contributed by atoms with Crippen LogP contribution in [0.4, 0.5) is 4.39 Å². The van der Waals surface area contributed by atoms with Crippen LogP contribution in [-0.2, 0) is 18.4 Å². The minimum atomic E-state index is -0.291. The van der Waals surface area contributed by atoms with Gasteiger partial charge in [-0.3, -0.25) is 4.79 Å². The normalized spacial score (nSPS) is 12.3. The van der Waals surface area contributed by atoms with E-state index in [4.69, 9.17) is 0 Å². The van der Waals surface area contributed by atoms with Gasteiger partial charge in [0, 0.05) is 20.6 Å². The highest BCUT2D eigenvalue weighted by atomic mass is 32.2. The summed E-state index contributed by atoms with van der Waals surface area (Å²) in [5.41, 5.74) is 2.73. The quantitative estimate of drug-likeness (QED) is 0.651. The monoisotopic (exact) mass is 357 g/mol. The first-order valence-corrected chi connectivity index (χ1v) is 8.91. The van der Waals surface area contributed by atoms with Crippen molar-refractivity contribution in [3.63, 3.8) is 0 Å². The average Bonchev–Trinajstić information content (AvgIpc) is 2.90. The van der Waals surface area contributed by atoms with Crippen LogP contribution < -0.4 is 0 Å². The number of benzene rings is 2. The Morgan fingerprint density at radius 2 is 2.04 bits per heavy atom. The van der Waals surface area contributed by atoms with E-state index in [-0.39, 0.29) is 17.0 Å². The van der Waals surface area contributed by atoms with Crippen LogP contribution in [0.1, 0.15) is 12.5 Å². The van der Waals surface area contributed by atoms with Crippen molar-refractivity contribution in [2.45, 2.75) is 23.9 Å². The van der Waals surface area contributed by atoms with Gasteiger partial charge in [0.05, 0.1) is 16.3 Å². The third-order valence-electron chi connectivity index (χ3n) is 4.06. The van der Waals surface area contributed by atoms with Crippen molar-refractivity contribution in [2.24, 2.45) is 7.05 Å². The van der Waals surface area contributed by atoms with Gasteiger partial charge in [-0.15, -0.1) is 0 Å². The zero-order valence-electron chi connectivity index (χ0n) is 14.4. The van der Waals surface area contributed by atoms with Gasteiger partial charge in [0.25, 0.3) is 0 Å². The van der Waals surface area contributed by atoms with Crippen LogP contribution >= 0.6 is 11.8 Å². The number of hydrogen-bond acceptors (Lipinski definition) is 3. The molecule has 0 aliphatic carbocycles. The van der Waals surface area contributed by atoms with Gasteiger partial charge in [0.15, 0.2) is 5.16 Å². The SMILES string of the molecule is CC(Sc1nc2ccccc2n1C)C(=O)N(C)Cc1cccc(F)c1. The molecule has 2 aromatic carbocycles. The largest absolute Gasteiger partial charge is 0.340 e. The van der Waals surface area contributed by atoms with E-state index in [2.05, 4.69) is 4.98 Å². The van der Waals surface area contributed by atoms with E-state index in [1.54, 1.807) is 18.0 Å². The van der Waals surface area contributed by atoms with E-state index in [0.717, 1.165) is 21.8 Å². The summed E-state index contributed by atoms with van der Waals surface area (Å²) in [5.74, 6) is -0.304. The van der Waals surface area contributed by atoms with Crippen molar-refractivity contribution >= 4 is 28.7 Å². The summed E-state index contributed by atoms with van der Waals surface area (Å²) in [5, 5.41) is 0.523.